The van der Waals surface area contributed by atoms with Crippen LogP contribution in [0.5, 0.6) is 0 Å². The molecule has 1 amide bonds. The summed E-state index contributed by atoms with van der Waals surface area (Å²) in [6, 6.07) is 10.7. The molecule has 0 N–H and O–H groups in total. The zero-order valence-corrected chi connectivity index (χ0v) is 15.4. The van der Waals surface area contributed by atoms with Crippen molar-refractivity contribution in [2.45, 2.75) is 18.9 Å². The molecule has 4 aromatic rings. The summed E-state index contributed by atoms with van der Waals surface area (Å²) in [7, 11) is 0. The van der Waals surface area contributed by atoms with E-state index in [1.165, 1.54) is 4.57 Å². The number of likely N-dealkylation sites (tertiary alicyclic amines) is 1. The van der Waals surface area contributed by atoms with Crippen molar-refractivity contribution >= 4 is 17.0 Å². The molecule has 5 rings (SSSR count). The molecule has 0 saturated carbocycles. The van der Waals surface area contributed by atoms with Gasteiger partial charge in [0, 0.05) is 37.0 Å². The number of oxazole rings is 1. The van der Waals surface area contributed by atoms with E-state index >= 15 is 0 Å². The van der Waals surface area contributed by atoms with E-state index in [0.29, 0.717) is 35.9 Å². The largest absolute Gasteiger partial charge is 0.420 e. The minimum Gasteiger partial charge on any atom is -0.408 e. The molecule has 1 unspecified atom stereocenters. The number of amides is 1. The van der Waals surface area contributed by atoms with Crippen LogP contribution in [0.1, 0.15) is 18.2 Å². The topological polar surface area (TPSA) is 107 Å². The zero-order valence-electron chi connectivity index (χ0n) is 15.4. The maximum atomic E-state index is 12.8. The molecule has 1 aliphatic rings. The third kappa shape index (κ3) is 3.20. The van der Waals surface area contributed by atoms with Gasteiger partial charge < -0.3 is 13.8 Å². The van der Waals surface area contributed by atoms with Gasteiger partial charge in [0.1, 0.15) is 6.54 Å². The van der Waals surface area contributed by atoms with Crippen LogP contribution in [0.2, 0.25) is 0 Å². The van der Waals surface area contributed by atoms with E-state index in [1.54, 1.807) is 53.7 Å². The van der Waals surface area contributed by atoms with Gasteiger partial charge in [-0.25, -0.2) is 4.79 Å². The Labute approximate surface area is 164 Å². The van der Waals surface area contributed by atoms with Crippen LogP contribution >= 0.6 is 0 Å². The number of carbonyl (C=O) groups excluding carboxylic acids is 1. The summed E-state index contributed by atoms with van der Waals surface area (Å²) in [5.74, 6) is 0.340. The Bertz CT molecular complexity index is 1230. The highest BCUT2D eigenvalue weighted by Crippen LogP contribution is 2.27. The molecule has 3 aromatic heterocycles. The van der Waals surface area contributed by atoms with E-state index in [1.807, 2.05) is 0 Å². The normalized spacial score (nSPS) is 16.6. The Kier molecular flexibility index (Phi) is 4.19. The first kappa shape index (κ1) is 17.4. The fourth-order valence-electron chi connectivity index (χ4n) is 3.61. The molecule has 1 fully saturated rings. The van der Waals surface area contributed by atoms with Gasteiger partial charge >= 0.3 is 5.76 Å². The van der Waals surface area contributed by atoms with Crippen molar-refractivity contribution in [3.8, 4) is 11.5 Å². The molecule has 0 bridgehead atoms. The second-order valence-electron chi connectivity index (χ2n) is 6.94. The quantitative estimate of drug-likeness (QED) is 0.524. The molecule has 9 heteroatoms. The summed E-state index contributed by atoms with van der Waals surface area (Å²) >= 11 is 0. The Balaban J connectivity index is 1.29. The van der Waals surface area contributed by atoms with E-state index in [2.05, 4.69) is 15.1 Å². The standard InChI is InChI=1S/C20H17N5O4/c26-17(12-25-15-3-1-2-4-16(15)28-20(25)27)24-10-7-14(11-24)18-22-19(29-23-18)13-5-8-21-9-6-13/h1-6,8-9,14H,7,10-12H2. The van der Waals surface area contributed by atoms with Gasteiger partial charge in [-0.1, -0.05) is 17.3 Å². The molecular formula is C20H17N5O4. The smallest absolute Gasteiger partial charge is 0.408 e. The third-order valence-corrected chi connectivity index (χ3v) is 5.14. The fourth-order valence-corrected chi connectivity index (χ4v) is 3.61. The fraction of sp³-hybridized carbons (Fsp3) is 0.250. The lowest BCUT2D eigenvalue weighted by atomic mass is 10.1. The summed E-state index contributed by atoms with van der Waals surface area (Å²) in [6.07, 6.45) is 4.06. The molecule has 1 atom stereocenters. The summed E-state index contributed by atoms with van der Waals surface area (Å²) in [5.41, 5.74) is 1.89. The van der Waals surface area contributed by atoms with E-state index in [0.717, 1.165) is 12.0 Å². The van der Waals surface area contributed by atoms with E-state index in [4.69, 9.17) is 8.94 Å². The molecular weight excluding hydrogens is 374 g/mol. The first-order valence-corrected chi connectivity index (χ1v) is 9.29. The van der Waals surface area contributed by atoms with E-state index in [-0.39, 0.29) is 18.4 Å². The third-order valence-electron chi connectivity index (χ3n) is 5.14. The second kappa shape index (κ2) is 7.01. The number of aromatic nitrogens is 4. The number of para-hydroxylation sites is 2. The number of pyridine rings is 1. The number of carbonyl (C=O) groups is 1. The zero-order chi connectivity index (χ0) is 19.8. The average molecular weight is 391 g/mol. The summed E-state index contributed by atoms with van der Waals surface area (Å²) in [6.45, 7) is 1.00. The predicted molar refractivity (Wildman–Crippen MR) is 102 cm³/mol. The summed E-state index contributed by atoms with van der Waals surface area (Å²) < 4.78 is 11.9. The predicted octanol–water partition coefficient (Wildman–Crippen LogP) is 2.06. The SMILES string of the molecule is O=C(Cn1c(=O)oc2ccccc21)N1CCC(c2noc(-c3ccncc3)n2)C1. The number of rotatable bonds is 4. The minimum absolute atomic E-state index is 0.00361. The van der Waals surface area contributed by atoms with Gasteiger partial charge in [-0.05, 0) is 30.7 Å². The van der Waals surface area contributed by atoms with Crippen LogP contribution in [0.25, 0.3) is 22.6 Å². The highest BCUT2D eigenvalue weighted by atomic mass is 16.5. The lowest BCUT2D eigenvalue weighted by Gasteiger charge is -2.15. The van der Waals surface area contributed by atoms with Crippen molar-refractivity contribution in [2.24, 2.45) is 0 Å². The van der Waals surface area contributed by atoms with Gasteiger partial charge in [-0.3, -0.25) is 14.3 Å². The van der Waals surface area contributed by atoms with Gasteiger partial charge in [0.15, 0.2) is 11.4 Å². The number of hydrogen-bond acceptors (Lipinski definition) is 7. The molecule has 0 aliphatic carbocycles. The minimum atomic E-state index is -0.532. The van der Waals surface area contributed by atoms with Crippen LogP contribution in [-0.2, 0) is 11.3 Å². The van der Waals surface area contributed by atoms with Gasteiger partial charge in [-0.2, -0.15) is 4.98 Å². The Morgan fingerprint density at radius 1 is 1.17 bits per heavy atom. The monoisotopic (exact) mass is 391 g/mol. The number of benzene rings is 1. The van der Waals surface area contributed by atoms with Crippen molar-refractivity contribution in [2.75, 3.05) is 13.1 Å². The Hall–Kier alpha value is -3.75. The number of nitrogens with zero attached hydrogens (tertiary/aromatic N) is 5. The molecule has 29 heavy (non-hydrogen) atoms. The maximum absolute atomic E-state index is 12.8. The molecule has 1 saturated heterocycles. The maximum Gasteiger partial charge on any atom is 0.420 e. The molecule has 1 aliphatic heterocycles. The average Bonchev–Trinajstić information content (AvgIpc) is 3.48. The molecule has 9 nitrogen and oxygen atoms in total. The van der Waals surface area contributed by atoms with Gasteiger partial charge in [-0.15, -0.1) is 0 Å². The highest BCUT2D eigenvalue weighted by molar-refractivity contribution is 5.79. The highest BCUT2D eigenvalue weighted by Gasteiger charge is 2.31. The van der Waals surface area contributed by atoms with Gasteiger partial charge in [0.25, 0.3) is 5.89 Å². The molecule has 0 spiro atoms. The number of fused-ring (bicyclic) bond motifs is 1. The first-order valence-electron chi connectivity index (χ1n) is 9.29. The van der Waals surface area contributed by atoms with Gasteiger partial charge in [0.05, 0.1) is 5.52 Å². The van der Waals surface area contributed by atoms with Crippen LogP contribution in [-0.4, -0.2) is 43.6 Å². The van der Waals surface area contributed by atoms with E-state index < -0.39 is 5.76 Å². The lowest BCUT2D eigenvalue weighted by molar-refractivity contribution is -0.130. The van der Waals surface area contributed by atoms with Crippen molar-refractivity contribution in [3.63, 3.8) is 0 Å². The van der Waals surface area contributed by atoms with E-state index in [9.17, 15) is 9.59 Å². The second-order valence-corrected chi connectivity index (χ2v) is 6.94. The number of hydrogen-bond donors (Lipinski definition) is 0. The van der Waals surface area contributed by atoms with Crippen molar-refractivity contribution in [1.29, 1.82) is 0 Å². The van der Waals surface area contributed by atoms with Crippen molar-refractivity contribution in [3.05, 3.63) is 65.2 Å². The van der Waals surface area contributed by atoms with Crippen LogP contribution in [0.4, 0.5) is 0 Å². The summed E-state index contributed by atoms with van der Waals surface area (Å²) in [5, 5.41) is 4.08. The first-order chi connectivity index (χ1) is 14.2. The molecule has 0 radical (unpaired) electrons. The molecule has 146 valence electrons. The van der Waals surface area contributed by atoms with Crippen molar-refractivity contribution in [1.82, 2.24) is 24.6 Å². The Morgan fingerprint density at radius 2 is 2.00 bits per heavy atom. The van der Waals surface area contributed by atoms with Crippen LogP contribution < -0.4 is 5.76 Å². The van der Waals surface area contributed by atoms with Gasteiger partial charge in [0.2, 0.25) is 5.91 Å². The van der Waals surface area contributed by atoms with Crippen LogP contribution in [0, 0.1) is 0 Å². The van der Waals surface area contributed by atoms with Crippen LogP contribution in [0.15, 0.2) is 62.5 Å². The van der Waals surface area contributed by atoms with Crippen LogP contribution in [0.3, 0.4) is 0 Å². The molecule has 1 aromatic carbocycles. The summed E-state index contributed by atoms with van der Waals surface area (Å²) in [4.78, 5) is 35.0. The van der Waals surface area contributed by atoms with Crippen molar-refractivity contribution < 1.29 is 13.7 Å². The lowest BCUT2D eigenvalue weighted by Crippen LogP contribution is -2.34. The molecule has 4 heterocycles. The Morgan fingerprint density at radius 3 is 2.86 bits per heavy atom.